The van der Waals surface area contributed by atoms with E-state index in [9.17, 15) is 4.39 Å². The lowest BCUT2D eigenvalue weighted by atomic mass is 9.79. The van der Waals surface area contributed by atoms with Crippen molar-refractivity contribution < 1.29 is 9.13 Å². The Morgan fingerprint density at radius 1 is 1.24 bits per heavy atom. The summed E-state index contributed by atoms with van der Waals surface area (Å²) < 4.78 is 20.7. The molecule has 1 N–H and O–H groups in total. The van der Waals surface area contributed by atoms with Gasteiger partial charge in [0.2, 0.25) is 0 Å². The Balaban J connectivity index is 1.76. The van der Waals surface area contributed by atoms with Crippen LogP contribution in [0.4, 0.5) is 4.39 Å². The third-order valence-electron chi connectivity index (χ3n) is 5.76. The van der Waals surface area contributed by atoms with Crippen LogP contribution in [0.3, 0.4) is 0 Å². The van der Waals surface area contributed by atoms with Gasteiger partial charge in [0, 0.05) is 48.1 Å². The molecule has 1 fully saturated rings. The summed E-state index contributed by atoms with van der Waals surface area (Å²) in [4.78, 5) is 12.2. The molecule has 5 rings (SSSR count). The van der Waals surface area contributed by atoms with Gasteiger partial charge in [0.25, 0.3) is 0 Å². The topological polar surface area (TPSA) is 68.6 Å². The Labute approximate surface area is 167 Å². The second-order valence-electron chi connectivity index (χ2n) is 7.57. The average Bonchev–Trinajstić information content (AvgIpc) is 3.31. The summed E-state index contributed by atoms with van der Waals surface area (Å²) in [5.74, 6) is 0.473. The van der Waals surface area contributed by atoms with Crippen LogP contribution >= 0.6 is 0 Å². The van der Waals surface area contributed by atoms with E-state index in [1.54, 1.807) is 10.7 Å². The second-order valence-corrected chi connectivity index (χ2v) is 7.57. The maximum atomic E-state index is 13.4. The number of pyridine rings is 2. The van der Waals surface area contributed by atoms with Gasteiger partial charge < -0.3 is 9.72 Å². The molecule has 0 aliphatic carbocycles. The van der Waals surface area contributed by atoms with E-state index in [0.29, 0.717) is 17.5 Å². The molecule has 6 nitrogen and oxygen atoms in total. The minimum absolute atomic E-state index is 0.347. The van der Waals surface area contributed by atoms with Crippen LogP contribution < -0.4 is 0 Å². The summed E-state index contributed by atoms with van der Waals surface area (Å²) in [7, 11) is 1.89. The summed E-state index contributed by atoms with van der Waals surface area (Å²) in [6, 6.07) is 5.15. The molecule has 1 atom stereocenters. The first-order valence-electron chi connectivity index (χ1n) is 9.85. The van der Waals surface area contributed by atoms with Gasteiger partial charge in [0.15, 0.2) is 0 Å². The molecule has 1 saturated heterocycles. The molecule has 4 aromatic heterocycles. The molecule has 0 amide bonds. The van der Waals surface area contributed by atoms with Crippen LogP contribution in [-0.2, 0) is 11.8 Å². The summed E-state index contributed by atoms with van der Waals surface area (Å²) in [5, 5.41) is 5.71. The number of hydrogen-bond donors (Lipinski definition) is 1. The lowest BCUT2D eigenvalue weighted by Gasteiger charge is -2.34. The van der Waals surface area contributed by atoms with Crippen molar-refractivity contribution in [2.45, 2.75) is 19.3 Å². The van der Waals surface area contributed by atoms with Crippen molar-refractivity contribution in [3.8, 4) is 22.5 Å². The predicted octanol–water partition coefficient (Wildman–Crippen LogP) is 4.30. The van der Waals surface area contributed by atoms with Crippen molar-refractivity contribution in [2.24, 2.45) is 13.0 Å². The Morgan fingerprint density at radius 2 is 2.10 bits per heavy atom. The van der Waals surface area contributed by atoms with Gasteiger partial charge in [-0.2, -0.15) is 5.10 Å². The number of H-pyrrole nitrogens is 1. The number of aryl methyl sites for hydroxylation is 1. The lowest BCUT2D eigenvalue weighted by molar-refractivity contribution is -0.0455. The highest BCUT2D eigenvalue weighted by Gasteiger charge is 2.32. The van der Waals surface area contributed by atoms with Crippen LogP contribution in [0.25, 0.3) is 33.5 Å². The highest BCUT2D eigenvalue weighted by Crippen LogP contribution is 2.43. The van der Waals surface area contributed by atoms with Crippen molar-refractivity contribution in [3.05, 3.63) is 54.4 Å². The van der Waals surface area contributed by atoms with Gasteiger partial charge in [-0.3, -0.25) is 9.67 Å². The smallest absolute Gasteiger partial charge is 0.141 e. The fourth-order valence-corrected chi connectivity index (χ4v) is 4.27. The van der Waals surface area contributed by atoms with Crippen LogP contribution in [0.15, 0.2) is 43.0 Å². The zero-order valence-corrected chi connectivity index (χ0v) is 16.4. The van der Waals surface area contributed by atoms with E-state index in [1.807, 2.05) is 25.6 Å². The molecule has 5 heterocycles. The largest absolute Gasteiger partial charge is 0.381 e. The van der Waals surface area contributed by atoms with E-state index in [-0.39, 0.29) is 5.82 Å². The van der Waals surface area contributed by atoms with Gasteiger partial charge in [0.05, 0.1) is 25.1 Å². The molecule has 1 aliphatic rings. The predicted molar refractivity (Wildman–Crippen MR) is 109 cm³/mol. The zero-order valence-electron chi connectivity index (χ0n) is 16.4. The molecule has 0 aromatic carbocycles. The van der Waals surface area contributed by atoms with E-state index < -0.39 is 0 Å². The van der Waals surface area contributed by atoms with Crippen molar-refractivity contribution in [3.63, 3.8) is 0 Å². The molecule has 1 unspecified atom stereocenters. The average molecular weight is 391 g/mol. The fourth-order valence-electron chi connectivity index (χ4n) is 4.27. The zero-order chi connectivity index (χ0) is 20.0. The number of hydrogen-bond acceptors (Lipinski definition) is 4. The third-order valence-corrected chi connectivity index (χ3v) is 5.76. The van der Waals surface area contributed by atoms with Crippen LogP contribution in [0.5, 0.6) is 0 Å². The van der Waals surface area contributed by atoms with Gasteiger partial charge in [-0.1, -0.05) is 6.92 Å². The van der Waals surface area contributed by atoms with Crippen molar-refractivity contribution in [1.29, 1.82) is 0 Å². The molecule has 0 radical (unpaired) electrons. The molecular weight excluding hydrogens is 369 g/mol. The third kappa shape index (κ3) is 3.02. The highest BCUT2D eigenvalue weighted by atomic mass is 19.1. The molecule has 0 spiro atoms. The van der Waals surface area contributed by atoms with Gasteiger partial charge in [-0.25, -0.2) is 9.37 Å². The van der Waals surface area contributed by atoms with Crippen LogP contribution in [0.1, 0.15) is 24.8 Å². The van der Waals surface area contributed by atoms with Gasteiger partial charge in [-0.05, 0) is 36.1 Å². The fraction of sp³-hybridized carbons (Fsp3) is 0.318. The van der Waals surface area contributed by atoms with Crippen molar-refractivity contribution in [1.82, 2.24) is 24.7 Å². The quantitative estimate of drug-likeness (QED) is 0.551. The number of aromatic amines is 1. The number of nitrogens with one attached hydrogen (secondary N) is 1. The van der Waals surface area contributed by atoms with E-state index in [0.717, 1.165) is 47.5 Å². The van der Waals surface area contributed by atoms with E-state index in [4.69, 9.17) is 4.74 Å². The number of rotatable bonds is 5. The van der Waals surface area contributed by atoms with E-state index in [1.165, 1.54) is 17.8 Å². The minimum atomic E-state index is -0.361. The second kappa shape index (κ2) is 7.08. The number of fused-ring (bicyclic) bond motifs is 1. The number of ether oxygens (including phenoxy) is 1. The number of halogens is 1. The first-order chi connectivity index (χ1) is 14.2. The molecule has 4 aromatic rings. The van der Waals surface area contributed by atoms with Gasteiger partial charge in [-0.15, -0.1) is 0 Å². The molecule has 7 heteroatoms. The Morgan fingerprint density at radius 3 is 2.79 bits per heavy atom. The van der Waals surface area contributed by atoms with Crippen molar-refractivity contribution in [2.75, 3.05) is 13.2 Å². The monoisotopic (exact) mass is 391 g/mol. The summed E-state index contributed by atoms with van der Waals surface area (Å²) in [5.41, 5.74) is 5.52. The number of aromatic nitrogens is 5. The van der Waals surface area contributed by atoms with Gasteiger partial charge in [0.1, 0.15) is 17.2 Å². The Hall–Kier alpha value is -3.06. The van der Waals surface area contributed by atoms with Crippen molar-refractivity contribution >= 4 is 11.0 Å². The first kappa shape index (κ1) is 18.0. The first-order valence-corrected chi connectivity index (χ1v) is 9.85. The normalized spacial score (nSPS) is 15.6. The summed E-state index contributed by atoms with van der Waals surface area (Å²) in [6.07, 6.45) is 8.13. The Bertz CT molecular complexity index is 1160. The molecule has 29 heavy (non-hydrogen) atoms. The lowest BCUT2D eigenvalue weighted by Crippen LogP contribution is -2.33. The molecule has 1 aliphatic heterocycles. The number of nitrogens with zero attached hydrogens (tertiary/aromatic N) is 4. The standard InChI is InChI=1S/C22H22FN5O/c1-3-15(13-11-29-12-13)17-9-26-22-16(6-7-24-22)20(17)18-10-28(2)27-21(18)19-5-4-14(23)8-25-19/h4-10,13,15H,3,11-12H2,1-2H3,(H,24,26). The van der Waals surface area contributed by atoms with E-state index in [2.05, 4.69) is 33.0 Å². The minimum Gasteiger partial charge on any atom is -0.381 e. The molecule has 0 bridgehead atoms. The SMILES string of the molecule is CCC(c1cnc2[nH]ccc2c1-c1cn(C)nc1-c1ccc(F)cn1)C1COC1. The van der Waals surface area contributed by atoms with Crippen LogP contribution in [-0.4, -0.2) is 37.9 Å². The Kier molecular flexibility index (Phi) is 4.39. The van der Waals surface area contributed by atoms with Crippen LogP contribution in [0, 0.1) is 11.7 Å². The van der Waals surface area contributed by atoms with Gasteiger partial charge >= 0.3 is 0 Å². The maximum absolute atomic E-state index is 13.4. The van der Waals surface area contributed by atoms with Crippen LogP contribution in [0.2, 0.25) is 0 Å². The summed E-state index contributed by atoms with van der Waals surface area (Å²) in [6.45, 7) is 3.77. The molecule has 148 valence electrons. The van der Waals surface area contributed by atoms with E-state index >= 15 is 0 Å². The molecule has 0 saturated carbocycles. The summed E-state index contributed by atoms with van der Waals surface area (Å²) >= 11 is 0. The highest BCUT2D eigenvalue weighted by molar-refractivity contribution is 5.98. The maximum Gasteiger partial charge on any atom is 0.141 e. The molecular formula is C22H22FN5O.